The number of aromatic nitrogens is 1. The summed E-state index contributed by atoms with van der Waals surface area (Å²) < 4.78 is 0. The Labute approximate surface area is 153 Å². The number of rotatable bonds is 4. The molecule has 0 amide bonds. The van der Waals surface area contributed by atoms with Gasteiger partial charge in [-0.05, 0) is 50.3 Å². The maximum absolute atomic E-state index is 12.2. The predicted molar refractivity (Wildman–Crippen MR) is 101 cm³/mol. The van der Waals surface area contributed by atoms with Crippen LogP contribution in [0.3, 0.4) is 0 Å². The fourth-order valence-corrected chi connectivity index (χ4v) is 4.49. The molecule has 0 radical (unpaired) electrons. The third-order valence-electron chi connectivity index (χ3n) is 6.06. The van der Waals surface area contributed by atoms with Crippen LogP contribution in [0.25, 0.3) is 10.9 Å². The molecular weight excluding hydrogens is 328 g/mol. The smallest absolute Gasteiger partial charge is 0.314 e. The van der Waals surface area contributed by atoms with E-state index in [1.165, 1.54) is 5.56 Å². The standard InChI is InChI=1S/C21H26N2O3/c1-13-9-14(2)19-16(10-13)17(5-7-22-19)23-8-6-18(24)21(12-23,20(25)26)11-15-3-4-15/h5,7,9-10,15,18,24H,3-4,6,8,11-12H2,1-2H3,(H,25,26)/t18-,21-/m0/s1. The van der Waals surface area contributed by atoms with Gasteiger partial charge in [0, 0.05) is 30.4 Å². The number of anilines is 1. The van der Waals surface area contributed by atoms with Gasteiger partial charge in [-0.3, -0.25) is 9.78 Å². The molecule has 2 aliphatic rings. The van der Waals surface area contributed by atoms with Gasteiger partial charge in [0.25, 0.3) is 0 Å². The molecule has 138 valence electrons. The number of nitrogens with zero attached hydrogens (tertiary/aromatic N) is 2. The average Bonchev–Trinajstić information content (AvgIpc) is 3.40. The molecule has 1 aromatic carbocycles. The number of piperidine rings is 1. The van der Waals surface area contributed by atoms with Gasteiger partial charge in [-0.25, -0.2) is 0 Å². The number of carboxylic acid groups (broad SMARTS) is 1. The summed E-state index contributed by atoms with van der Waals surface area (Å²) in [5.74, 6) is -0.424. The summed E-state index contributed by atoms with van der Waals surface area (Å²) in [6.45, 7) is 5.14. The molecule has 2 fully saturated rings. The minimum absolute atomic E-state index is 0.353. The van der Waals surface area contributed by atoms with Crippen LogP contribution in [-0.4, -0.2) is 40.4 Å². The Bertz CT molecular complexity index is 862. The first-order chi connectivity index (χ1) is 12.4. The molecule has 2 heterocycles. The lowest BCUT2D eigenvalue weighted by Gasteiger charge is -2.44. The molecule has 0 spiro atoms. The minimum Gasteiger partial charge on any atom is -0.481 e. The molecule has 1 aliphatic carbocycles. The third kappa shape index (κ3) is 2.84. The zero-order valence-corrected chi connectivity index (χ0v) is 15.4. The van der Waals surface area contributed by atoms with Crippen LogP contribution in [0, 0.1) is 25.2 Å². The first-order valence-corrected chi connectivity index (χ1v) is 9.43. The van der Waals surface area contributed by atoms with Crippen molar-refractivity contribution in [2.24, 2.45) is 11.3 Å². The van der Waals surface area contributed by atoms with Crippen LogP contribution in [-0.2, 0) is 4.79 Å². The van der Waals surface area contributed by atoms with E-state index in [4.69, 9.17) is 0 Å². The zero-order chi connectivity index (χ0) is 18.5. The number of aliphatic carboxylic acids is 1. The molecule has 0 unspecified atom stereocenters. The SMILES string of the molecule is Cc1cc(C)c2nccc(N3CC[C@H](O)[C@@](CC4CC4)(C(=O)O)C3)c2c1. The third-order valence-corrected chi connectivity index (χ3v) is 6.06. The Hall–Kier alpha value is -2.14. The van der Waals surface area contributed by atoms with E-state index >= 15 is 0 Å². The van der Waals surface area contributed by atoms with E-state index in [-0.39, 0.29) is 0 Å². The van der Waals surface area contributed by atoms with Gasteiger partial charge >= 0.3 is 5.97 Å². The number of aryl methyl sites for hydroxylation is 2. The summed E-state index contributed by atoms with van der Waals surface area (Å²) in [6, 6.07) is 6.22. The van der Waals surface area contributed by atoms with E-state index in [0.717, 1.165) is 35.0 Å². The molecule has 2 aromatic rings. The predicted octanol–water partition coefficient (Wildman–Crippen LogP) is 3.29. The van der Waals surface area contributed by atoms with E-state index in [1.54, 1.807) is 6.20 Å². The number of hydrogen-bond donors (Lipinski definition) is 2. The Morgan fingerprint density at radius 1 is 1.31 bits per heavy atom. The van der Waals surface area contributed by atoms with Crippen LogP contribution >= 0.6 is 0 Å². The quantitative estimate of drug-likeness (QED) is 0.881. The average molecular weight is 354 g/mol. The van der Waals surface area contributed by atoms with Gasteiger partial charge in [-0.1, -0.05) is 24.5 Å². The van der Waals surface area contributed by atoms with Crippen molar-refractivity contribution in [3.63, 3.8) is 0 Å². The Morgan fingerprint density at radius 3 is 2.77 bits per heavy atom. The van der Waals surface area contributed by atoms with Crippen molar-refractivity contribution in [1.82, 2.24) is 4.98 Å². The van der Waals surface area contributed by atoms with E-state index in [9.17, 15) is 15.0 Å². The lowest BCUT2D eigenvalue weighted by molar-refractivity contribution is -0.158. The summed E-state index contributed by atoms with van der Waals surface area (Å²) in [6.07, 6.45) is 4.23. The molecule has 1 aromatic heterocycles. The van der Waals surface area contributed by atoms with Crippen molar-refractivity contribution in [3.05, 3.63) is 35.5 Å². The molecule has 1 aliphatic heterocycles. The highest BCUT2D eigenvalue weighted by molar-refractivity contribution is 5.94. The van der Waals surface area contributed by atoms with Crippen LogP contribution < -0.4 is 4.90 Å². The van der Waals surface area contributed by atoms with Crippen LogP contribution in [0.5, 0.6) is 0 Å². The zero-order valence-electron chi connectivity index (χ0n) is 15.4. The Balaban J connectivity index is 1.76. The Kier molecular flexibility index (Phi) is 4.14. The summed E-state index contributed by atoms with van der Waals surface area (Å²) in [5, 5.41) is 21.7. The molecule has 1 saturated heterocycles. The van der Waals surface area contributed by atoms with Gasteiger partial charge in [0.2, 0.25) is 0 Å². The summed E-state index contributed by atoms with van der Waals surface area (Å²) in [4.78, 5) is 18.9. The van der Waals surface area contributed by atoms with Gasteiger partial charge in [0.15, 0.2) is 0 Å². The largest absolute Gasteiger partial charge is 0.481 e. The molecule has 5 nitrogen and oxygen atoms in total. The highest BCUT2D eigenvalue weighted by Crippen LogP contribution is 2.46. The fraction of sp³-hybridized carbons (Fsp3) is 0.524. The number of pyridine rings is 1. The fourth-order valence-electron chi connectivity index (χ4n) is 4.49. The molecule has 0 bridgehead atoms. The number of hydrogen-bond acceptors (Lipinski definition) is 4. The van der Waals surface area contributed by atoms with Gasteiger partial charge in [0.05, 0.1) is 11.6 Å². The van der Waals surface area contributed by atoms with E-state index in [2.05, 4.69) is 35.9 Å². The highest BCUT2D eigenvalue weighted by Gasteiger charge is 2.51. The van der Waals surface area contributed by atoms with Crippen LogP contribution in [0.15, 0.2) is 24.4 Å². The topological polar surface area (TPSA) is 73.7 Å². The number of fused-ring (bicyclic) bond motifs is 1. The maximum atomic E-state index is 12.2. The number of benzene rings is 1. The number of aliphatic hydroxyl groups excluding tert-OH is 1. The van der Waals surface area contributed by atoms with E-state index in [0.29, 0.717) is 31.8 Å². The number of carboxylic acids is 1. The van der Waals surface area contributed by atoms with Crippen LogP contribution in [0.1, 0.15) is 36.8 Å². The van der Waals surface area contributed by atoms with Gasteiger partial charge < -0.3 is 15.1 Å². The maximum Gasteiger partial charge on any atom is 0.314 e. The molecule has 5 heteroatoms. The second kappa shape index (κ2) is 6.23. The van der Waals surface area contributed by atoms with Gasteiger partial charge in [-0.2, -0.15) is 0 Å². The van der Waals surface area contributed by atoms with Gasteiger partial charge in [0.1, 0.15) is 5.41 Å². The van der Waals surface area contributed by atoms with Crippen molar-refractivity contribution in [3.8, 4) is 0 Å². The monoisotopic (exact) mass is 354 g/mol. The second-order valence-corrected chi connectivity index (χ2v) is 8.14. The van der Waals surface area contributed by atoms with Crippen molar-refractivity contribution in [1.29, 1.82) is 0 Å². The molecule has 4 rings (SSSR count). The van der Waals surface area contributed by atoms with Crippen molar-refractivity contribution in [2.75, 3.05) is 18.0 Å². The van der Waals surface area contributed by atoms with Crippen molar-refractivity contribution < 1.29 is 15.0 Å². The summed E-state index contributed by atoms with van der Waals surface area (Å²) >= 11 is 0. The molecular formula is C21H26N2O3. The van der Waals surface area contributed by atoms with Crippen molar-refractivity contribution >= 4 is 22.6 Å². The summed E-state index contributed by atoms with van der Waals surface area (Å²) in [7, 11) is 0. The highest BCUT2D eigenvalue weighted by atomic mass is 16.4. The Morgan fingerprint density at radius 2 is 2.08 bits per heavy atom. The molecule has 26 heavy (non-hydrogen) atoms. The lowest BCUT2D eigenvalue weighted by atomic mass is 9.73. The van der Waals surface area contributed by atoms with E-state index in [1.807, 2.05) is 6.07 Å². The van der Waals surface area contributed by atoms with Crippen LogP contribution in [0.4, 0.5) is 5.69 Å². The first-order valence-electron chi connectivity index (χ1n) is 9.43. The van der Waals surface area contributed by atoms with Crippen molar-refractivity contribution in [2.45, 2.75) is 45.6 Å². The normalized spacial score (nSPS) is 26.3. The van der Waals surface area contributed by atoms with Gasteiger partial charge in [-0.15, -0.1) is 0 Å². The molecule has 2 atom stereocenters. The van der Waals surface area contributed by atoms with Crippen LogP contribution in [0.2, 0.25) is 0 Å². The second-order valence-electron chi connectivity index (χ2n) is 8.14. The van der Waals surface area contributed by atoms with E-state index < -0.39 is 17.5 Å². The number of aliphatic hydroxyl groups is 1. The molecule has 1 saturated carbocycles. The molecule has 2 N–H and O–H groups in total. The minimum atomic E-state index is -1.08. The lowest BCUT2D eigenvalue weighted by Crippen LogP contribution is -2.56. The number of carbonyl (C=O) groups is 1. The summed E-state index contributed by atoms with van der Waals surface area (Å²) in [5.41, 5.74) is 3.20. The first kappa shape index (κ1) is 17.3.